The molecule has 1 aromatic heterocycles. The number of rotatable bonds is 8. The summed E-state index contributed by atoms with van der Waals surface area (Å²) in [5.74, 6) is 2.63. The zero-order chi connectivity index (χ0) is 24.7. The highest BCUT2D eigenvalue weighted by Crippen LogP contribution is 2.46. The minimum Gasteiger partial charge on any atom is -0.492 e. The molecule has 2 aliphatic rings. The molecule has 0 N–H and O–H groups in total. The molecule has 3 aromatic rings. The van der Waals surface area contributed by atoms with E-state index >= 15 is 0 Å². The molecule has 1 aliphatic carbocycles. The maximum atomic E-state index is 11.4. The molecule has 0 atom stereocenters. The van der Waals surface area contributed by atoms with E-state index < -0.39 is 0 Å². The van der Waals surface area contributed by atoms with Gasteiger partial charge in [0.05, 0.1) is 4.88 Å². The van der Waals surface area contributed by atoms with Gasteiger partial charge in [-0.2, -0.15) is 0 Å². The normalized spacial score (nSPS) is 16.0. The van der Waals surface area contributed by atoms with Crippen molar-refractivity contribution >= 4 is 33.0 Å². The second kappa shape index (κ2) is 11.6. The van der Waals surface area contributed by atoms with Gasteiger partial charge in [-0.1, -0.05) is 36.8 Å². The van der Waals surface area contributed by atoms with Crippen LogP contribution in [0.4, 0.5) is 0 Å². The van der Waals surface area contributed by atoms with E-state index in [0.29, 0.717) is 12.4 Å². The van der Waals surface area contributed by atoms with Gasteiger partial charge in [-0.05, 0) is 80.4 Å². The van der Waals surface area contributed by atoms with Crippen LogP contribution in [0.3, 0.4) is 0 Å². The van der Waals surface area contributed by atoms with E-state index in [1.807, 2.05) is 54.6 Å². The standard InChI is InChI=1S/C30H31NO4S/c1-22(32)34-26-15-16-27-28(21-26)36-30(23-9-5-2-3-6-10-23)29(27)35-25-13-11-24(12-14-25)33-20-19-31-17-7-4-8-18-31/h2-3,5-6,9,11-16,21H,4,7-8,10,17-20H2,1H3. The number of piperidine rings is 1. The second-order valence-corrected chi connectivity index (χ2v) is 10.1. The number of allylic oxidation sites excluding steroid dienone is 6. The van der Waals surface area contributed by atoms with E-state index in [-0.39, 0.29) is 5.97 Å². The number of ether oxygens (including phenoxy) is 3. The average Bonchev–Trinajstić information content (AvgIpc) is 3.04. The van der Waals surface area contributed by atoms with Gasteiger partial charge in [-0.25, -0.2) is 0 Å². The largest absolute Gasteiger partial charge is 0.492 e. The maximum absolute atomic E-state index is 11.4. The number of esters is 1. The lowest BCUT2D eigenvalue weighted by Gasteiger charge is -2.26. The fraction of sp³-hybridized carbons (Fsp3) is 0.300. The van der Waals surface area contributed by atoms with Crippen molar-refractivity contribution in [1.29, 1.82) is 0 Å². The Bertz CT molecular complexity index is 1300. The van der Waals surface area contributed by atoms with Crippen molar-refractivity contribution in [2.75, 3.05) is 26.2 Å². The molecule has 1 fully saturated rings. The van der Waals surface area contributed by atoms with Gasteiger partial charge in [-0.3, -0.25) is 9.69 Å². The lowest BCUT2D eigenvalue weighted by Crippen LogP contribution is -2.33. The number of hydrogen-bond acceptors (Lipinski definition) is 6. The molecule has 1 saturated heterocycles. The van der Waals surface area contributed by atoms with E-state index in [4.69, 9.17) is 14.2 Å². The molecule has 0 saturated carbocycles. The molecule has 2 aromatic carbocycles. The number of fused-ring (bicyclic) bond motifs is 1. The Hall–Kier alpha value is -3.35. The number of carbonyl (C=O) groups is 1. The molecule has 5 nitrogen and oxygen atoms in total. The molecule has 0 radical (unpaired) electrons. The molecular formula is C30H31NO4S. The molecule has 186 valence electrons. The Morgan fingerprint density at radius 1 is 0.944 bits per heavy atom. The Morgan fingerprint density at radius 2 is 1.72 bits per heavy atom. The van der Waals surface area contributed by atoms with Gasteiger partial charge in [-0.15, -0.1) is 11.3 Å². The van der Waals surface area contributed by atoms with Crippen LogP contribution in [0.25, 0.3) is 15.7 Å². The number of benzene rings is 2. The highest BCUT2D eigenvalue weighted by molar-refractivity contribution is 7.20. The van der Waals surface area contributed by atoms with Crippen LogP contribution in [0, 0.1) is 0 Å². The maximum Gasteiger partial charge on any atom is 0.308 e. The molecule has 0 bridgehead atoms. The van der Waals surface area contributed by atoms with E-state index in [1.165, 1.54) is 44.8 Å². The summed E-state index contributed by atoms with van der Waals surface area (Å²) in [5.41, 5.74) is 1.18. The van der Waals surface area contributed by atoms with Crippen molar-refractivity contribution in [3.63, 3.8) is 0 Å². The average molecular weight is 502 g/mol. The highest BCUT2D eigenvalue weighted by atomic mass is 32.1. The third kappa shape index (κ3) is 6.07. The molecule has 5 rings (SSSR count). The van der Waals surface area contributed by atoms with E-state index in [9.17, 15) is 4.79 Å². The molecule has 6 heteroatoms. The summed E-state index contributed by atoms with van der Waals surface area (Å²) in [5, 5.41) is 0.992. The SMILES string of the molecule is CC(=O)Oc1ccc2c(Oc3ccc(OCCN4CCCCC4)cc3)c(C3=CC=CC=CC3)sc2c1. The summed E-state index contributed by atoms with van der Waals surface area (Å²) >= 11 is 1.65. The predicted octanol–water partition coefficient (Wildman–Crippen LogP) is 7.38. The summed E-state index contributed by atoms with van der Waals surface area (Å²) in [4.78, 5) is 15.0. The molecule has 2 heterocycles. The van der Waals surface area contributed by atoms with E-state index in [0.717, 1.165) is 45.2 Å². The molecule has 0 unspecified atom stereocenters. The lowest BCUT2D eigenvalue weighted by molar-refractivity contribution is -0.131. The highest BCUT2D eigenvalue weighted by Gasteiger charge is 2.19. The van der Waals surface area contributed by atoms with Crippen LogP contribution < -0.4 is 14.2 Å². The van der Waals surface area contributed by atoms with E-state index in [1.54, 1.807) is 11.3 Å². The summed E-state index contributed by atoms with van der Waals surface area (Å²) in [7, 11) is 0. The van der Waals surface area contributed by atoms with Crippen molar-refractivity contribution in [3.05, 3.63) is 77.7 Å². The molecule has 36 heavy (non-hydrogen) atoms. The minimum atomic E-state index is -0.331. The van der Waals surface area contributed by atoms with Crippen LogP contribution in [0.2, 0.25) is 0 Å². The van der Waals surface area contributed by atoms with Gasteiger partial charge in [0, 0.05) is 23.6 Å². The molecule has 1 aliphatic heterocycles. The zero-order valence-electron chi connectivity index (χ0n) is 20.6. The number of thiophene rings is 1. The quantitative estimate of drug-likeness (QED) is 0.238. The Balaban J connectivity index is 1.35. The smallest absolute Gasteiger partial charge is 0.308 e. The number of carbonyl (C=O) groups excluding carboxylic acids is 1. The minimum absolute atomic E-state index is 0.331. The van der Waals surface area contributed by atoms with Crippen LogP contribution in [0.5, 0.6) is 23.0 Å². The summed E-state index contributed by atoms with van der Waals surface area (Å²) in [6.07, 6.45) is 15.2. The third-order valence-corrected chi connectivity index (χ3v) is 7.54. The van der Waals surface area contributed by atoms with Gasteiger partial charge in [0.15, 0.2) is 5.75 Å². The van der Waals surface area contributed by atoms with Gasteiger partial charge < -0.3 is 14.2 Å². The first-order valence-corrected chi connectivity index (χ1v) is 13.4. The first-order chi connectivity index (χ1) is 17.7. The zero-order valence-corrected chi connectivity index (χ0v) is 21.4. The van der Waals surface area contributed by atoms with Crippen molar-refractivity contribution in [1.82, 2.24) is 4.90 Å². The molecule has 0 amide bonds. The van der Waals surface area contributed by atoms with Crippen LogP contribution in [-0.2, 0) is 4.79 Å². The Labute approximate surface area is 216 Å². The fourth-order valence-electron chi connectivity index (χ4n) is 4.54. The molecule has 0 spiro atoms. The first kappa shape index (κ1) is 24.3. The summed E-state index contributed by atoms with van der Waals surface area (Å²) < 4.78 is 18.8. The van der Waals surface area contributed by atoms with Crippen molar-refractivity contribution in [2.45, 2.75) is 32.6 Å². The fourth-order valence-corrected chi connectivity index (χ4v) is 5.73. The Morgan fingerprint density at radius 3 is 2.53 bits per heavy atom. The number of likely N-dealkylation sites (tertiary alicyclic amines) is 1. The number of hydrogen-bond donors (Lipinski definition) is 0. The predicted molar refractivity (Wildman–Crippen MR) is 146 cm³/mol. The summed E-state index contributed by atoms with van der Waals surface area (Å²) in [6.45, 7) is 5.43. The van der Waals surface area contributed by atoms with Crippen molar-refractivity contribution in [3.8, 4) is 23.0 Å². The van der Waals surface area contributed by atoms with Gasteiger partial charge in [0.2, 0.25) is 0 Å². The van der Waals surface area contributed by atoms with Gasteiger partial charge in [0.1, 0.15) is 23.9 Å². The van der Waals surface area contributed by atoms with Crippen molar-refractivity contribution in [2.24, 2.45) is 0 Å². The van der Waals surface area contributed by atoms with Crippen LogP contribution in [0.15, 0.2) is 72.8 Å². The lowest BCUT2D eigenvalue weighted by atomic mass is 10.1. The first-order valence-electron chi connectivity index (χ1n) is 12.6. The van der Waals surface area contributed by atoms with Crippen LogP contribution in [-0.4, -0.2) is 37.1 Å². The topological polar surface area (TPSA) is 48.0 Å². The third-order valence-electron chi connectivity index (χ3n) is 6.33. The molecular weight excluding hydrogens is 470 g/mol. The number of nitrogens with zero attached hydrogens (tertiary/aromatic N) is 1. The Kier molecular flexibility index (Phi) is 7.84. The summed E-state index contributed by atoms with van der Waals surface area (Å²) in [6, 6.07) is 13.5. The van der Waals surface area contributed by atoms with Gasteiger partial charge in [0.25, 0.3) is 0 Å². The van der Waals surface area contributed by atoms with Crippen LogP contribution in [0.1, 0.15) is 37.5 Å². The van der Waals surface area contributed by atoms with Crippen LogP contribution >= 0.6 is 11.3 Å². The van der Waals surface area contributed by atoms with Gasteiger partial charge >= 0.3 is 5.97 Å². The van der Waals surface area contributed by atoms with E-state index in [2.05, 4.69) is 23.1 Å². The monoisotopic (exact) mass is 501 g/mol. The van der Waals surface area contributed by atoms with Crippen molar-refractivity contribution < 1.29 is 19.0 Å². The second-order valence-electron chi connectivity index (χ2n) is 9.05.